The van der Waals surface area contributed by atoms with E-state index >= 15 is 0 Å². The van der Waals surface area contributed by atoms with Crippen LogP contribution in [0.15, 0.2) is 48.5 Å². The van der Waals surface area contributed by atoms with Crippen molar-refractivity contribution >= 4 is 11.6 Å². The van der Waals surface area contributed by atoms with E-state index in [-0.39, 0.29) is 22.9 Å². The van der Waals surface area contributed by atoms with Gasteiger partial charge in [0, 0.05) is 24.7 Å². The summed E-state index contributed by atoms with van der Waals surface area (Å²) in [6.07, 6.45) is 0.735. The predicted molar refractivity (Wildman–Crippen MR) is 91.4 cm³/mol. The molecule has 6 heteroatoms. The number of methoxy groups -OCH3 is 1. The number of rotatable bonds is 7. The lowest BCUT2D eigenvalue weighted by Crippen LogP contribution is -2.32. The normalized spacial score (nSPS) is 10.2. The second-order valence-corrected chi connectivity index (χ2v) is 5.26. The van der Waals surface area contributed by atoms with Crippen LogP contribution in [0, 0.1) is 10.1 Å². The molecule has 2 rings (SSSR count). The third-order valence-corrected chi connectivity index (χ3v) is 3.80. The molecule has 0 saturated carbocycles. The maximum atomic E-state index is 12.6. The summed E-state index contributed by atoms with van der Waals surface area (Å²) in [7, 11) is 1.36. The molecule has 0 fully saturated rings. The van der Waals surface area contributed by atoms with Gasteiger partial charge in [-0.1, -0.05) is 30.3 Å². The van der Waals surface area contributed by atoms with Crippen LogP contribution in [0.5, 0.6) is 5.75 Å². The van der Waals surface area contributed by atoms with E-state index in [1.165, 1.54) is 19.2 Å². The van der Waals surface area contributed by atoms with E-state index in [1.54, 1.807) is 11.0 Å². The largest absolute Gasteiger partial charge is 0.490 e. The molecule has 0 aliphatic heterocycles. The van der Waals surface area contributed by atoms with Crippen LogP contribution in [0.2, 0.25) is 0 Å². The number of benzene rings is 2. The van der Waals surface area contributed by atoms with Crippen LogP contribution in [0.25, 0.3) is 0 Å². The fourth-order valence-electron chi connectivity index (χ4n) is 2.46. The van der Waals surface area contributed by atoms with Crippen LogP contribution in [-0.4, -0.2) is 35.9 Å². The third-order valence-electron chi connectivity index (χ3n) is 3.80. The molecule has 6 nitrogen and oxygen atoms in total. The predicted octanol–water partition coefficient (Wildman–Crippen LogP) is 3.31. The highest BCUT2D eigenvalue weighted by Crippen LogP contribution is 2.28. The van der Waals surface area contributed by atoms with Crippen LogP contribution in [0.4, 0.5) is 5.69 Å². The molecule has 0 aliphatic rings. The second-order valence-electron chi connectivity index (χ2n) is 5.26. The molecule has 0 radical (unpaired) electrons. The van der Waals surface area contributed by atoms with Crippen molar-refractivity contribution in [2.24, 2.45) is 0 Å². The fourth-order valence-corrected chi connectivity index (χ4v) is 2.46. The molecule has 0 unspecified atom stereocenters. The molecule has 0 aliphatic carbocycles. The number of ether oxygens (including phenoxy) is 1. The first-order valence-electron chi connectivity index (χ1n) is 7.72. The zero-order valence-corrected chi connectivity index (χ0v) is 13.8. The van der Waals surface area contributed by atoms with Gasteiger partial charge in [-0.3, -0.25) is 14.9 Å². The van der Waals surface area contributed by atoms with Crippen LogP contribution < -0.4 is 4.74 Å². The average molecular weight is 328 g/mol. The van der Waals surface area contributed by atoms with E-state index in [0.29, 0.717) is 13.1 Å². The summed E-state index contributed by atoms with van der Waals surface area (Å²) in [5.74, 6) is -0.0805. The number of carbonyl (C=O) groups is 1. The van der Waals surface area contributed by atoms with Crippen LogP contribution in [0.3, 0.4) is 0 Å². The molecule has 0 aromatic heterocycles. The number of likely N-dealkylation sites (N-methyl/N-ethyl adjacent to an activating group) is 1. The van der Waals surface area contributed by atoms with E-state index in [2.05, 4.69) is 0 Å². The summed E-state index contributed by atoms with van der Waals surface area (Å²) in [5, 5.41) is 11.1. The minimum absolute atomic E-state index is 0.142. The van der Waals surface area contributed by atoms with Crippen LogP contribution >= 0.6 is 0 Å². The van der Waals surface area contributed by atoms with Gasteiger partial charge in [-0.2, -0.15) is 0 Å². The number of amides is 1. The van der Waals surface area contributed by atoms with Crippen LogP contribution in [-0.2, 0) is 6.42 Å². The third kappa shape index (κ3) is 4.10. The van der Waals surface area contributed by atoms with Gasteiger partial charge in [-0.15, -0.1) is 0 Å². The Balaban J connectivity index is 2.16. The van der Waals surface area contributed by atoms with E-state index in [0.717, 1.165) is 12.0 Å². The van der Waals surface area contributed by atoms with Gasteiger partial charge in [0.05, 0.1) is 12.0 Å². The van der Waals surface area contributed by atoms with Crippen molar-refractivity contribution < 1.29 is 14.5 Å². The summed E-state index contributed by atoms with van der Waals surface area (Å²) >= 11 is 0. The van der Waals surface area contributed by atoms with Gasteiger partial charge in [0.25, 0.3) is 5.91 Å². The van der Waals surface area contributed by atoms with Gasteiger partial charge < -0.3 is 9.64 Å². The molecule has 0 bridgehead atoms. The smallest absolute Gasteiger partial charge is 0.311 e. The van der Waals surface area contributed by atoms with Gasteiger partial charge in [0.2, 0.25) is 0 Å². The molecular formula is C18H20N2O4. The molecular weight excluding hydrogens is 308 g/mol. The highest BCUT2D eigenvalue weighted by atomic mass is 16.6. The van der Waals surface area contributed by atoms with Crippen molar-refractivity contribution in [3.05, 3.63) is 69.8 Å². The molecule has 2 aromatic carbocycles. The first-order valence-corrected chi connectivity index (χ1v) is 7.72. The summed E-state index contributed by atoms with van der Waals surface area (Å²) in [5.41, 5.74) is 1.23. The fraction of sp³-hybridized carbons (Fsp3) is 0.278. The number of nitro benzene ring substituents is 1. The molecule has 0 heterocycles. The maximum absolute atomic E-state index is 12.6. The Bertz CT molecular complexity index is 716. The molecule has 126 valence electrons. The summed E-state index contributed by atoms with van der Waals surface area (Å²) in [6, 6.07) is 14.2. The molecule has 0 atom stereocenters. The first-order chi connectivity index (χ1) is 11.6. The number of nitro groups is 1. The lowest BCUT2D eigenvalue weighted by Gasteiger charge is -2.21. The summed E-state index contributed by atoms with van der Waals surface area (Å²) < 4.78 is 4.97. The topological polar surface area (TPSA) is 72.7 Å². The molecule has 0 N–H and O–H groups in total. The minimum Gasteiger partial charge on any atom is -0.490 e. The zero-order chi connectivity index (χ0) is 17.5. The number of carbonyl (C=O) groups excluding carboxylic acids is 1. The first kappa shape index (κ1) is 17.5. The van der Waals surface area contributed by atoms with Gasteiger partial charge in [0.1, 0.15) is 0 Å². The summed E-state index contributed by atoms with van der Waals surface area (Å²) in [4.78, 5) is 24.9. The van der Waals surface area contributed by atoms with Crippen molar-refractivity contribution in [3.8, 4) is 5.75 Å². The Morgan fingerprint density at radius 2 is 1.92 bits per heavy atom. The highest BCUT2D eigenvalue weighted by molar-refractivity contribution is 5.95. The second kappa shape index (κ2) is 8.10. The quantitative estimate of drug-likeness (QED) is 0.577. The van der Waals surface area contributed by atoms with Crippen molar-refractivity contribution in [3.63, 3.8) is 0 Å². The zero-order valence-electron chi connectivity index (χ0n) is 13.8. The highest BCUT2D eigenvalue weighted by Gasteiger charge is 2.21. The van der Waals surface area contributed by atoms with E-state index < -0.39 is 4.92 Å². The van der Waals surface area contributed by atoms with Gasteiger partial charge in [0.15, 0.2) is 5.75 Å². The lowest BCUT2D eigenvalue weighted by atomic mass is 10.1. The van der Waals surface area contributed by atoms with Crippen molar-refractivity contribution in [2.45, 2.75) is 13.3 Å². The number of hydrogen-bond donors (Lipinski definition) is 0. The monoisotopic (exact) mass is 328 g/mol. The summed E-state index contributed by atoms with van der Waals surface area (Å²) in [6.45, 7) is 2.98. The maximum Gasteiger partial charge on any atom is 0.311 e. The van der Waals surface area contributed by atoms with Crippen molar-refractivity contribution in [1.29, 1.82) is 0 Å². The van der Waals surface area contributed by atoms with Crippen molar-refractivity contribution in [2.75, 3.05) is 20.2 Å². The van der Waals surface area contributed by atoms with E-state index in [4.69, 9.17) is 4.74 Å². The minimum atomic E-state index is -0.546. The number of hydrogen-bond acceptors (Lipinski definition) is 4. The molecule has 1 amide bonds. The van der Waals surface area contributed by atoms with Gasteiger partial charge in [-0.05, 0) is 31.0 Å². The molecule has 0 spiro atoms. The SMILES string of the molecule is CCN(CCc1ccccc1)C(=O)c1ccc(OC)c([N+](=O)[O-])c1. The molecule has 2 aromatic rings. The van der Waals surface area contributed by atoms with E-state index in [9.17, 15) is 14.9 Å². The average Bonchev–Trinajstić information content (AvgIpc) is 2.62. The molecule has 24 heavy (non-hydrogen) atoms. The van der Waals surface area contributed by atoms with Gasteiger partial charge >= 0.3 is 5.69 Å². The Kier molecular flexibility index (Phi) is 5.89. The Labute approximate surface area is 140 Å². The van der Waals surface area contributed by atoms with Crippen LogP contribution in [0.1, 0.15) is 22.8 Å². The van der Waals surface area contributed by atoms with Gasteiger partial charge in [-0.25, -0.2) is 0 Å². The number of nitrogens with zero attached hydrogens (tertiary/aromatic N) is 2. The Morgan fingerprint density at radius 1 is 1.21 bits per heavy atom. The Hall–Kier alpha value is -2.89. The van der Waals surface area contributed by atoms with Crippen molar-refractivity contribution in [1.82, 2.24) is 4.90 Å². The Morgan fingerprint density at radius 3 is 2.50 bits per heavy atom. The standard InChI is InChI=1S/C18H20N2O4/c1-3-19(12-11-14-7-5-4-6-8-14)18(21)15-9-10-17(24-2)16(13-15)20(22)23/h4-10,13H,3,11-12H2,1-2H3. The van der Waals surface area contributed by atoms with E-state index in [1.807, 2.05) is 37.3 Å². The molecule has 0 saturated heterocycles. The lowest BCUT2D eigenvalue weighted by molar-refractivity contribution is -0.385.